The minimum atomic E-state index is -4.02. The lowest BCUT2D eigenvalue weighted by molar-refractivity contribution is 0.603. The Morgan fingerprint density at radius 1 is 0.773 bits per heavy atom. The number of hydrogen-bond acceptors (Lipinski definition) is 5. The summed E-state index contributed by atoms with van der Waals surface area (Å²) >= 11 is 0. The fraction of sp³-hybridized carbons (Fsp3) is 0. The summed E-state index contributed by atoms with van der Waals surface area (Å²) in [5.41, 5.74) is 3.91. The Labute approximate surface area is 253 Å². The highest BCUT2D eigenvalue weighted by molar-refractivity contribution is 7.95. The van der Waals surface area contributed by atoms with Gasteiger partial charge in [-0.25, -0.2) is 18.4 Å². The Bertz CT molecular complexity index is 2530. The summed E-state index contributed by atoms with van der Waals surface area (Å²) in [6, 6.07) is 36.8. The molecule has 0 amide bonds. The quantitative estimate of drug-likeness (QED) is 0.150. The van der Waals surface area contributed by atoms with E-state index in [1.165, 1.54) is 39.8 Å². The van der Waals surface area contributed by atoms with Gasteiger partial charge in [-0.3, -0.25) is 4.40 Å². The highest BCUT2D eigenvalue weighted by Crippen LogP contribution is 2.40. The highest BCUT2D eigenvalue weighted by Gasteiger charge is 2.21. The van der Waals surface area contributed by atoms with Crippen molar-refractivity contribution in [1.82, 2.24) is 14.4 Å². The molecule has 2 aromatic heterocycles. The third-order valence-corrected chi connectivity index (χ3v) is 9.76. The predicted molar refractivity (Wildman–Crippen MR) is 175 cm³/mol. The van der Waals surface area contributed by atoms with Gasteiger partial charge in [0.1, 0.15) is 11.0 Å². The standard InChI is InChI=1S/C37H22N4O2S/c38-22-31(44(42,43)30-8-2-1-3-9-30)20-24-18-28(21-29(19-24)34-23-41-17-5-16-39-37(41)40-34)32-14-12-27-11-10-25-6-4-7-26-13-15-33(32)36(27)35(25)26/h1-21,23H/b31-20+. The summed E-state index contributed by atoms with van der Waals surface area (Å²) in [7, 11) is -4.02. The Balaban J connectivity index is 1.38. The fourth-order valence-corrected chi connectivity index (χ4v) is 7.22. The smallest absolute Gasteiger partial charge is 0.234 e. The molecule has 0 radical (unpaired) electrons. The van der Waals surface area contributed by atoms with Crippen LogP contribution >= 0.6 is 0 Å². The molecule has 0 saturated carbocycles. The average molecular weight is 587 g/mol. The first-order valence-electron chi connectivity index (χ1n) is 14.0. The van der Waals surface area contributed by atoms with Crippen molar-refractivity contribution in [2.24, 2.45) is 0 Å². The first-order valence-corrected chi connectivity index (χ1v) is 15.5. The Morgan fingerprint density at radius 3 is 2.27 bits per heavy atom. The van der Waals surface area contributed by atoms with Crippen molar-refractivity contribution in [3.05, 3.63) is 138 Å². The Kier molecular flexibility index (Phi) is 5.80. The maximum atomic E-state index is 13.4. The molecular formula is C37H22N4O2S. The molecule has 0 aliphatic carbocycles. The van der Waals surface area contributed by atoms with E-state index in [9.17, 15) is 13.7 Å². The van der Waals surface area contributed by atoms with Crippen LogP contribution in [-0.4, -0.2) is 22.8 Å². The van der Waals surface area contributed by atoms with E-state index in [1.54, 1.807) is 24.4 Å². The molecule has 0 fully saturated rings. The number of nitrogens with zero attached hydrogens (tertiary/aromatic N) is 4. The number of rotatable bonds is 5. The first kappa shape index (κ1) is 25.8. The van der Waals surface area contributed by atoms with Crippen LogP contribution in [0.5, 0.6) is 0 Å². The maximum absolute atomic E-state index is 13.4. The van der Waals surface area contributed by atoms with Gasteiger partial charge >= 0.3 is 0 Å². The molecule has 44 heavy (non-hydrogen) atoms. The zero-order chi connectivity index (χ0) is 29.8. The van der Waals surface area contributed by atoms with Crippen LogP contribution in [0.1, 0.15) is 5.56 Å². The van der Waals surface area contributed by atoms with Crippen LogP contribution in [0.15, 0.2) is 138 Å². The molecule has 0 aliphatic heterocycles. The van der Waals surface area contributed by atoms with Crippen molar-refractivity contribution in [1.29, 1.82) is 5.26 Å². The van der Waals surface area contributed by atoms with Gasteiger partial charge in [-0.2, -0.15) is 5.26 Å². The average Bonchev–Trinajstić information content (AvgIpc) is 3.51. The molecule has 0 aliphatic rings. The molecule has 0 unspecified atom stereocenters. The molecule has 6 aromatic carbocycles. The maximum Gasteiger partial charge on any atom is 0.234 e. The van der Waals surface area contributed by atoms with Crippen molar-refractivity contribution in [3.8, 4) is 28.5 Å². The van der Waals surface area contributed by atoms with Crippen LogP contribution in [0.25, 0.3) is 66.6 Å². The van der Waals surface area contributed by atoms with Gasteiger partial charge in [0.05, 0.1) is 10.6 Å². The lowest BCUT2D eigenvalue weighted by Gasteiger charge is -2.15. The molecule has 0 N–H and O–H groups in total. The van der Waals surface area contributed by atoms with Gasteiger partial charge < -0.3 is 0 Å². The summed E-state index contributed by atoms with van der Waals surface area (Å²) < 4.78 is 28.7. The van der Waals surface area contributed by atoms with E-state index in [0.717, 1.165) is 27.5 Å². The van der Waals surface area contributed by atoms with E-state index < -0.39 is 9.84 Å². The fourth-order valence-electron chi connectivity index (χ4n) is 6.04. The Hall–Kier alpha value is -5.84. The minimum absolute atomic E-state index is 0.0716. The van der Waals surface area contributed by atoms with E-state index in [1.807, 2.05) is 41.1 Å². The molecule has 0 atom stereocenters. The molecule has 0 bridgehead atoms. The number of allylic oxidation sites excluding steroid dienone is 1. The molecule has 208 valence electrons. The van der Waals surface area contributed by atoms with Crippen LogP contribution in [0.4, 0.5) is 0 Å². The van der Waals surface area contributed by atoms with Crippen molar-refractivity contribution < 1.29 is 8.42 Å². The van der Waals surface area contributed by atoms with Crippen molar-refractivity contribution in [3.63, 3.8) is 0 Å². The summed E-state index contributed by atoms with van der Waals surface area (Å²) in [6.45, 7) is 0. The van der Waals surface area contributed by atoms with E-state index in [2.05, 4.69) is 65.6 Å². The van der Waals surface area contributed by atoms with E-state index in [-0.39, 0.29) is 9.80 Å². The highest BCUT2D eigenvalue weighted by atomic mass is 32.2. The third-order valence-electron chi connectivity index (χ3n) is 8.08. The van der Waals surface area contributed by atoms with Crippen molar-refractivity contribution >= 4 is 54.0 Å². The van der Waals surface area contributed by atoms with Gasteiger partial charge in [0.2, 0.25) is 15.6 Å². The SMILES string of the molecule is N#C/C(=C\c1cc(-c2cn3cccnc3n2)cc(-c2ccc3ccc4cccc5ccc2c3c45)c1)S(=O)(=O)c1ccccc1. The predicted octanol–water partition coefficient (Wildman–Crippen LogP) is 8.30. The van der Waals surface area contributed by atoms with Gasteiger partial charge in [-0.1, -0.05) is 72.8 Å². The zero-order valence-corrected chi connectivity index (χ0v) is 24.0. The molecule has 6 nitrogen and oxygen atoms in total. The number of nitriles is 1. The molecule has 8 aromatic rings. The monoisotopic (exact) mass is 586 g/mol. The summed E-state index contributed by atoms with van der Waals surface area (Å²) in [6.07, 6.45) is 6.91. The van der Waals surface area contributed by atoms with E-state index in [4.69, 9.17) is 4.98 Å². The van der Waals surface area contributed by atoms with Crippen LogP contribution in [0, 0.1) is 11.3 Å². The van der Waals surface area contributed by atoms with E-state index >= 15 is 0 Å². The van der Waals surface area contributed by atoms with Gasteiger partial charge in [0.25, 0.3) is 0 Å². The second-order valence-corrected chi connectivity index (χ2v) is 12.6. The normalized spacial score (nSPS) is 12.4. The van der Waals surface area contributed by atoms with Gasteiger partial charge in [-0.15, -0.1) is 0 Å². The van der Waals surface area contributed by atoms with Crippen molar-refractivity contribution in [2.45, 2.75) is 4.90 Å². The summed E-state index contributed by atoms with van der Waals surface area (Å²) in [4.78, 5) is 8.83. The van der Waals surface area contributed by atoms with Crippen LogP contribution < -0.4 is 0 Å². The number of sulfone groups is 1. The second-order valence-electron chi connectivity index (χ2n) is 10.7. The molecule has 0 spiro atoms. The zero-order valence-electron chi connectivity index (χ0n) is 23.2. The number of aromatic nitrogens is 3. The van der Waals surface area contributed by atoms with Gasteiger partial charge in [-0.05, 0) is 91.5 Å². The topological polar surface area (TPSA) is 88.1 Å². The molecular weight excluding hydrogens is 565 g/mol. The van der Waals surface area contributed by atoms with Gasteiger partial charge in [0.15, 0.2) is 0 Å². The minimum Gasteiger partial charge on any atom is -0.291 e. The van der Waals surface area contributed by atoms with Crippen LogP contribution in [0.3, 0.4) is 0 Å². The van der Waals surface area contributed by atoms with Crippen LogP contribution in [0.2, 0.25) is 0 Å². The van der Waals surface area contributed by atoms with Crippen molar-refractivity contribution in [2.75, 3.05) is 0 Å². The molecule has 7 heteroatoms. The Morgan fingerprint density at radius 2 is 1.50 bits per heavy atom. The lowest BCUT2D eigenvalue weighted by Crippen LogP contribution is -2.03. The summed E-state index contributed by atoms with van der Waals surface area (Å²) in [5, 5.41) is 17.0. The molecule has 0 saturated heterocycles. The third kappa shape index (κ3) is 4.12. The van der Waals surface area contributed by atoms with E-state index in [0.29, 0.717) is 17.0 Å². The molecule has 2 heterocycles. The second kappa shape index (κ2) is 9.87. The number of fused-ring (bicyclic) bond motifs is 1. The lowest BCUT2D eigenvalue weighted by atomic mass is 9.89. The largest absolute Gasteiger partial charge is 0.291 e. The summed E-state index contributed by atoms with van der Waals surface area (Å²) in [5.74, 6) is 0.553. The first-order chi connectivity index (χ1) is 21.5. The number of hydrogen-bond donors (Lipinski definition) is 0. The number of benzene rings is 6. The number of imidazole rings is 1. The van der Waals surface area contributed by atoms with Gasteiger partial charge in [0, 0.05) is 24.2 Å². The molecule has 8 rings (SSSR count). The van der Waals surface area contributed by atoms with Crippen LogP contribution in [-0.2, 0) is 9.84 Å².